The molecule has 1 aromatic rings. The number of carbonyl (C=O) groups excluding carboxylic acids is 2. The Kier molecular flexibility index (Phi) is 7.16. The summed E-state index contributed by atoms with van der Waals surface area (Å²) >= 11 is 0. The number of ether oxygens (including phenoxy) is 1. The van der Waals surface area contributed by atoms with E-state index in [2.05, 4.69) is 5.32 Å². The van der Waals surface area contributed by atoms with Crippen molar-refractivity contribution in [2.45, 2.75) is 62.9 Å². The van der Waals surface area contributed by atoms with Crippen LogP contribution in [0.4, 0.5) is 5.69 Å². The van der Waals surface area contributed by atoms with Gasteiger partial charge in [0.2, 0.25) is 10.0 Å². The Morgan fingerprint density at radius 2 is 1.81 bits per heavy atom. The van der Waals surface area contributed by atoms with Gasteiger partial charge in [-0.15, -0.1) is 0 Å². The number of nitrogens with two attached hydrogens (primary N) is 1. The zero-order chi connectivity index (χ0) is 19.2. The molecule has 0 heterocycles. The van der Waals surface area contributed by atoms with Crippen LogP contribution in [0.2, 0.25) is 0 Å². The minimum Gasteiger partial charge on any atom is -0.453 e. The number of hydrogen-bond acceptors (Lipinski definition) is 5. The molecule has 1 fully saturated rings. The van der Waals surface area contributed by atoms with E-state index in [0.717, 1.165) is 19.3 Å². The van der Waals surface area contributed by atoms with Gasteiger partial charge in [0.1, 0.15) is 0 Å². The molecule has 0 aromatic heterocycles. The van der Waals surface area contributed by atoms with Crippen molar-refractivity contribution in [3.8, 4) is 0 Å². The normalized spacial score (nSPS) is 16.7. The van der Waals surface area contributed by atoms with Crippen molar-refractivity contribution in [2.75, 3.05) is 5.32 Å². The molecule has 0 unspecified atom stereocenters. The van der Waals surface area contributed by atoms with Gasteiger partial charge < -0.3 is 10.1 Å². The number of anilines is 1. The van der Waals surface area contributed by atoms with Gasteiger partial charge in [-0.2, -0.15) is 0 Å². The summed E-state index contributed by atoms with van der Waals surface area (Å²) in [6, 6.07) is 5.45. The van der Waals surface area contributed by atoms with Crippen LogP contribution >= 0.6 is 0 Å². The Bertz CT molecular complexity index is 724. The summed E-state index contributed by atoms with van der Waals surface area (Å²) in [6.07, 6.45) is 6.26. The molecule has 8 heteroatoms. The Hall–Kier alpha value is -1.93. The number of rotatable bonds is 7. The number of sulfonamides is 1. The highest BCUT2D eigenvalue weighted by atomic mass is 32.2. The van der Waals surface area contributed by atoms with E-state index in [0.29, 0.717) is 18.0 Å². The van der Waals surface area contributed by atoms with E-state index in [4.69, 9.17) is 9.88 Å². The molecule has 3 N–H and O–H groups in total. The SMILES string of the molecule is C[C@H](OC(=O)CCC1CCCCC1)C(=O)Nc1ccc(S(N)(=O)=O)cc1. The molecule has 0 spiro atoms. The summed E-state index contributed by atoms with van der Waals surface area (Å²) < 4.78 is 27.6. The quantitative estimate of drug-likeness (QED) is 0.703. The van der Waals surface area contributed by atoms with E-state index >= 15 is 0 Å². The first-order valence-corrected chi connectivity index (χ1v) is 10.4. The molecule has 1 atom stereocenters. The fourth-order valence-corrected chi connectivity index (χ4v) is 3.59. The Labute approximate surface area is 154 Å². The van der Waals surface area contributed by atoms with Gasteiger partial charge in [0.05, 0.1) is 4.90 Å². The average Bonchev–Trinajstić information content (AvgIpc) is 2.60. The first kappa shape index (κ1) is 20.4. The summed E-state index contributed by atoms with van der Waals surface area (Å²) in [6.45, 7) is 1.51. The third kappa shape index (κ3) is 6.42. The molecule has 7 nitrogen and oxygen atoms in total. The summed E-state index contributed by atoms with van der Waals surface area (Å²) in [4.78, 5) is 24.0. The summed E-state index contributed by atoms with van der Waals surface area (Å²) in [5.41, 5.74) is 0.396. The summed E-state index contributed by atoms with van der Waals surface area (Å²) in [5, 5.41) is 7.60. The van der Waals surface area contributed by atoms with Gasteiger partial charge in [-0.1, -0.05) is 32.1 Å². The van der Waals surface area contributed by atoms with Crippen molar-refractivity contribution >= 4 is 27.6 Å². The van der Waals surface area contributed by atoms with Crippen LogP contribution in [0, 0.1) is 5.92 Å². The second-order valence-electron chi connectivity index (χ2n) is 6.73. The van der Waals surface area contributed by atoms with Crippen LogP contribution in [0.3, 0.4) is 0 Å². The monoisotopic (exact) mass is 382 g/mol. The van der Waals surface area contributed by atoms with Crippen LogP contribution in [0.5, 0.6) is 0 Å². The van der Waals surface area contributed by atoms with Gasteiger partial charge in [-0.3, -0.25) is 9.59 Å². The maximum atomic E-state index is 12.1. The molecule has 1 amide bonds. The summed E-state index contributed by atoms with van der Waals surface area (Å²) in [5.74, 6) is -0.264. The summed E-state index contributed by atoms with van der Waals surface area (Å²) in [7, 11) is -3.78. The van der Waals surface area contributed by atoms with Crippen LogP contribution in [0.1, 0.15) is 51.9 Å². The molecule has 0 aliphatic heterocycles. The van der Waals surface area contributed by atoms with Gasteiger partial charge >= 0.3 is 5.97 Å². The van der Waals surface area contributed by atoms with E-state index in [9.17, 15) is 18.0 Å². The minimum atomic E-state index is -3.78. The van der Waals surface area contributed by atoms with E-state index in [1.165, 1.54) is 50.5 Å². The molecule has 26 heavy (non-hydrogen) atoms. The Morgan fingerprint density at radius 3 is 2.38 bits per heavy atom. The second kappa shape index (κ2) is 9.14. The molecule has 1 aliphatic carbocycles. The molecular weight excluding hydrogens is 356 g/mol. The number of amides is 1. The van der Waals surface area contributed by atoms with Crippen molar-refractivity contribution in [3.05, 3.63) is 24.3 Å². The van der Waals surface area contributed by atoms with Crippen molar-refractivity contribution in [3.63, 3.8) is 0 Å². The fourth-order valence-electron chi connectivity index (χ4n) is 3.08. The molecule has 2 rings (SSSR count). The molecule has 0 bridgehead atoms. The van der Waals surface area contributed by atoms with Crippen LogP contribution < -0.4 is 10.5 Å². The first-order valence-electron chi connectivity index (χ1n) is 8.89. The number of benzene rings is 1. The number of carbonyl (C=O) groups is 2. The van der Waals surface area contributed by atoms with Crippen LogP contribution in [-0.4, -0.2) is 26.4 Å². The predicted octanol–water partition coefficient (Wildman–Crippen LogP) is 2.56. The lowest BCUT2D eigenvalue weighted by Gasteiger charge is -2.21. The number of hydrogen-bond donors (Lipinski definition) is 2. The zero-order valence-corrected chi connectivity index (χ0v) is 15.8. The first-order chi connectivity index (χ1) is 12.3. The Morgan fingerprint density at radius 1 is 1.19 bits per heavy atom. The van der Waals surface area contributed by atoms with Crippen molar-refractivity contribution in [1.29, 1.82) is 0 Å². The number of nitrogens with one attached hydrogen (secondary N) is 1. The van der Waals surface area contributed by atoms with Crippen LogP contribution in [0.25, 0.3) is 0 Å². The van der Waals surface area contributed by atoms with E-state index in [-0.39, 0.29) is 10.9 Å². The molecule has 1 aromatic carbocycles. The fraction of sp³-hybridized carbons (Fsp3) is 0.556. The number of esters is 1. The predicted molar refractivity (Wildman–Crippen MR) is 97.8 cm³/mol. The van der Waals surface area contributed by atoms with Crippen molar-refractivity contribution < 1.29 is 22.7 Å². The highest BCUT2D eigenvalue weighted by Gasteiger charge is 2.20. The van der Waals surface area contributed by atoms with Crippen LogP contribution in [0.15, 0.2) is 29.2 Å². The second-order valence-corrected chi connectivity index (χ2v) is 8.29. The maximum Gasteiger partial charge on any atom is 0.306 e. The molecule has 0 saturated heterocycles. The minimum absolute atomic E-state index is 0.0438. The highest BCUT2D eigenvalue weighted by Crippen LogP contribution is 2.27. The molecular formula is C18H26N2O5S. The lowest BCUT2D eigenvalue weighted by Crippen LogP contribution is -2.30. The van der Waals surface area contributed by atoms with Gasteiger partial charge in [0.15, 0.2) is 6.10 Å². The third-order valence-corrected chi connectivity index (χ3v) is 5.54. The van der Waals surface area contributed by atoms with Gasteiger partial charge in [-0.25, -0.2) is 13.6 Å². The van der Waals surface area contributed by atoms with Gasteiger partial charge in [0.25, 0.3) is 5.91 Å². The lowest BCUT2D eigenvalue weighted by atomic mass is 9.86. The maximum absolute atomic E-state index is 12.1. The van der Waals surface area contributed by atoms with E-state index in [1.807, 2.05) is 0 Å². The molecule has 144 valence electrons. The largest absolute Gasteiger partial charge is 0.453 e. The van der Waals surface area contributed by atoms with Crippen molar-refractivity contribution in [1.82, 2.24) is 0 Å². The van der Waals surface area contributed by atoms with Gasteiger partial charge in [0, 0.05) is 12.1 Å². The third-order valence-electron chi connectivity index (χ3n) is 4.61. The van der Waals surface area contributed by atoms with E-state index < -0.39 is 22.0 Å². The molecule has 1 saturated carbocycles. The topological polar surface area (TPSA) is 116 Å². The standard InChI is InChI=1S/C18H26N2O5S/c1-13(25-17(21)12-7-14-5-3-2-4-6-14)18(22)20-15-8-10-16(11-9-15)26(19,23)24/h8-11,13-14H,2-7,12H2,1H3,(H,20,22)(H2,19,23,24)/t13-/m0/s1. The van der Waals surface area contributed by atoms with Crippen molar-refractivity contribution in [2.24, 2.45) is 11.1 Å². The van der Waals surface area contributed by atoms with Crippen LogP contribution in [-0.2, 0) is 24.3 Å². The smallest absolute Gasteiger partial charge is 0.306 e. The zero-order valence-electron chi connectivity index (χ0n) is 14.9. The average molecular weight is 382 g/mol. The Balaban J connectivity index is 1.78. The van der Waals surface area contributed by atoms with E-state index in [1.54, 1.807) is 0 Å². The highest BCUT2D eigenvalue weighted by molar-refractivity contribution is 7.89. The number of primary sulfonamides is 1. The van der Waals surface area contributed by atoms with Gasteiger partial charge in [-0.05, 0) is 43.5 Å². The molecule has 0 radical (unpaired) electrons. The lowest BCUT2D eigenvalue weighted by molar-refractivity contribution is -0.153. The molecule has 1 aliphatic rings.